The standard InChI is InChI=1S/C13H10BrCl2N3O/c1-6-9(4-8(17)5-18-6)13(20)19-12-10(15)2-7(14)3-11(12)16/h2-5H,17H2,1H3,(H,19,20). The van der Waals surface area contributed by atoms with Crippen LogP contribution in [0, 0.1) is 6.92 Å². The lowest BCUT2D eigenvalue weighted by Gasteiger charge is -2.11. The fourth-order valence-corrected chi connectivity index (χ4v) is 2.92. The van der Waals surface area contributed by atoms with Gasteiger partial charge < -0.3 is 11.1 Å². The lowest BCUT2D eigenvalue weighted by atomic mass is 10.1. The Labute approximate surface area is 134 Å². The van der Waals surface area contributed by atoms with Crippen LogP contribution in [0.25, 0.3) is 0 Å². The Kier molecular flexibility index (Phi) is 4.52. The summed E-state index contributed by atoms with van der Waals surface area (Å²) in [6, 6.07) is 4.85. The summed E-state index contributed by atoms with van der Waals surface area (Å²) in [7, 11) is 0. The molecule has 1 aromatic heterocycles. The number of hydrogen-bond donors (Lipinski definition) is 2. The minimum absolute atomic E-state index is 0.340. The average molecular weight is 375 g/mol. The van der Waals surface area contributed by atoms with Gasteiger partial charge in [-0.3, -0.25) is 9.78 Å². The van der Waals surface area contributed by atoms with Gasteiger partial charge in [-0.25, -0.2) is 0 Å². The van der Waals surface area contributed by atoms with Gasteiger partial charge in [-0.1, -0.05) is 39.1 Å². The zero-order valence-corrected chi connectivity index (χ0v) is 13.5. The highest BCUT2D eigenvalue weighted by atomic mass is 79.9. The number of aryl methyl sites for hydroxylation is 1. The van der Waals surface area contributed by atoms with Crippen LogP contribution in [0.1, 0.15) is 16.1 Å². The van der Waals surface area contributed by atoms with Gasteiger partial charge in [0.05, 0.1) is 38.9 Å². The molecule has 7 heteroatoms. The number of nitrogen functional groups attached to an aromatic ring is 1. The third kappa shape index (κ3) is 3.23. The van der Waals surface area contributed by atoms with E-state index in [0.717, 1.165) is 4.47 Å². The monoisotopic (exact) mass is 373 g/mol. The molecule has 0 fully saturated rings. The molecule has 0 saturated carbocycles. The SMILES string of the molecule is Cc1ncc(N)cc1C(=O)Nc1c(Cl)cc(Br)cc1Cl. The van der Waals surface area contributed by atoms with Crippen LogP contribution in [0.15, 0.2) is 28.9 Å². The van der Waals surface area contributed by atoms with Crippen molar-refractivity contribution in [3.8, 4) is 0 Å². The van der Waals surface area contributed by atoms with Crippen LogP contribution in [0.5, 0.6) is 0 Å². The van der Waals surface area contributed by atoms with E-state index in [1.54, 1.807) is 25.1 Å². The van der Waals surface area contributed by atoms with Crippen LogP contribution in [0.3, 0.4) is 0 Å². The third-order valence-corrected chi connectivity index (χ3v) is 3.65. The first-order valence-electron chi connectivity index (χ1n) is 5.56. The van der Waals surface area contributed by atoms with E-state index >= 15 is 0 Å². The molecule has 104 valence electrons. The zero-order valence-electron chi connectivity index (χ0n) is 10.4. The number of aromatic nitrogens is 1. The molecule has 0 radical (unpaired) electrons. The van der Waals surface area contributed by atoms with Crippen molar-refractivity contribution in [3.05, 3.63) is 50.2 Å². The Morgan fingerprint density at radius 1 is 1.30 bits per heavy atom. The highest BCUT2D eigenvalue weighted by Crippen LogP contribution is 2.34. The normalized spacial score (nSPS) is 10.4. The van der Waals surface area contributed by atoms with Gasteiger partial charge in [-0.2, -0.15) is 0 Å². The molecule has 3 N–H and O–H groups in total. The van der Waals surface area contributed by atoms with Crippen LogP contribution in [-0.2, 0) is 0 Å². The van der Waals surface area contributed by atoms with Gasteiger partial charge in [-0.05, 0) is 25.1 Å². The topological polar surface area (TPSA) is 68.0 Å². The molecule has 1 aromatic carbocycles. The van der Waals surface area contributed by atoms with E-state index in [0.29, 0.717) is 32.7 Å². The molecular weight excluding hydrogens is 365 g/mol. The highest BCUT2D eigenvalue weighted by Gasteiger charge is 2.15. The Balaban J connectivity index is 2.35. The molecule has 0 aliphatic heterocycles. The summed E-state index contributed by atoms with van der Waals surface area (Å²) in [6.07, 6.45) is 1.49. The molecule has 1 amide bonds. The van der Waals surface area contributed by atoms with E-state index in [1.807, 2.05) is 0 Å². The number of carbonyl (C=O) groups is 1. The van der Waals surface area contributed by atoms with Crippen molar-refractivity contribution in [1.82, 2.24) is 4.98 Å². The number of pyridine rings is 1. The molecule has 2 rings (SSSR count). The van der Waals surface area contributed by atoms with Crippen LogP contribution in [0.2, 0.25) is 10.0 Å². The zero-order chi connectivity index (χ0) is 14.9. The summed E-state index contributed by atoms with van der Waals surface area (Å²) in [6.45, 7) is 1.72. The summed E-state index contributed by atoms with van der Waals surface area (Å²) >= 11 is 15.4. The molecule has 20 heavy (non-hydrogen) atoms. The van der Waals surface area contributed by atoms with Crippen LogP contribution in [0.4, 0.5) is 11.4 Å². The minimum Gasteiger partial charge on any atom is -0.397 e. The van der Waals surface area contributed by atoms with Crippen molar-refractivity contribution in [2.75, 3.05) is 11.1 Å². The van der Waals surface area contributed by atoms with Crippen LogP contribution < -0.4 is 11.1 Å². The van der Waals surface area contributed by atoms with Crippen molar-refractivity contribution in [2.24, 2.45) is 0 Å². The number of hydrogen-bond acceptors (Lipinski definition) is 3. The van der Waals surface area contributed by atoms with Gasteiger partial charge in [0.25, 0.3) is 5.91 Å². The van der Waals surface area contributed by atoms with Gasteiger partial charge in [0.1, 0.15) is 0 Å². The lowest BCUT2D eigenvalue weighted by molar-refractivity contribution is 0.102. The number of halogens is 3. The summed E-state index contributed by atoms with van der Waals surface area (Å²) in [5, 5.41) is 3.35. The number of carbonyl (C=O) groups excluding carboxylic acids is 1. The number of nitrogens with zero attached hydrogens (tertiary/aromatic N) is 1. The predicted octanol–water partition coefficient (Wildman–Crippen LogP) is 4.29. The second kappa shape index (κ2) is 5.99. The van der Waals surface area contributed by atoms with Crippen LogP contribution >= 0.6 is 39.1 Å². The Morgan fingerprint density at radius 2 is 1.90 bits per heavy atom. The first-order valence-corrected chi connectivity index (χ1v) is 7.11. The Bertz CT molecular complexity index is 668. The van der Waals surface area contributed by atoms with Gasteiger partial charge in [-0.15, -0.1) is 0 Å². The average Bonchev–Trinajstić information content (AvgIpc) is 2.36. The fourth-order valence-electron chi connectivity index (χ4n) is 1.62. The maximum absolute atomic E-state index is 12.2. The summed E-state index contributed by atoms with van der Waals surface area (Å²) in [5.41, 5.74) is 7.34. The van der Waals surface area contributed by atoms with Gasteiger partial charge in [0.2, 0.25) is 0 Å². The van der Waals surface area contributed by atoms with Crippen molar-refractivity contribution in [2.45, 2.75) is 6.92 Å². The van der Waals surface area contributed by atoms with E-state index in [2.05, 4.69) is 26.2 Å². The molecule has 0 aliphatic rings. The molecule has 4 nitrogen and oxygen atoms in total. The highest BCUT2D eigenvalue weighted by molar-refractivity contribution is 9.10. The van der Waals surface area contributed by atoms with Gasteiger partial charge in [0, 0.05) is 4.47 Å². The molecule has 0 spiro atoms. The molecule has 2 aromatic rings. The van der Waals surface area contributed by atoms with Crippen LogP contribution in [-0.4, -0.2) is 10.9 Å². The Hall–Kier alpha value is -1.30. The van der Waals surface area contributed by atoms with Crippen molar-refractivity contribution in [1.29, 1.82) is 0 Å². The fraction of sp³-hybridized carbons (Fsp3) is 0.0769. The first-order chi connectivity index (χ1) is 9.38. The molecule has 0 bridgehead atoms. The largest absolute Gasteiger partial charge is 0.397 e. The van der Waals surface area contributed by atoms with E-state index < -0.39 is 0 Å². The maximum Gasteiger partial charge on any atom is 0.257 e. The second-order valence-electron chi connectivity index (χ2n) is 4.10. The lowest BCUT2D eigenvalue weighted by Crippen LogP contribution is -2.15. The summed E-state index contributed by atoms with van der Waals surface area (Å²) in [5.74, 6) is -0.367. The summed E-state index contributed by atoms with van der Waals surface area (Å²) < 4.78 is 0.729. The smallest absolute Gasteiger partial charge is 0.257 e. The Morgan fingerprint density at radius 3 is 2.50 bits per heavy atom. The van der Waals surface area contributed by atoms with E-state index in [1.165, 1.54) is 6.20 Å². The van der Waals surface area contributed by atoms with Crippen molar-refractivity contribution < 1.29 is 4.79 Å². The molecule has 0 aliphatic carbocycles. The van der Waals surface area contributed by atoms with Gasteiger partial charge in [0.15, 0.2) is 0 Å². The number of anilines is 2. The number of nitrogens with one attached hydrogen (secondary N) is 1. The van der Waals surface area contributed by atoms with E-state index in [4.69, 9.17) is 28.9 Å². The number of benzene rings is 1. The molecule has 0 unspecified atom stereocenters. The third-order valence-electron chi connectivity index (χ3n) is 2.60. The van der Waals surface area contributed by atoms with Crippen molar-refractivity contribution >= 4 is 56.4 Å². The molecular formula is C13H10BrCl2N3O. The first kappa shape index (κ1) is 15.1. The number of amides is 1. The quantitative estimate of drug-likeness (QED) is 0.823. The van der Waals surface area contributed by atoms with Crippen molar-refractivity contribution in [3.63, 3.8) is 0 Å². The molecule has 0 atom stereocenters. The molecule has 0 saturated heterocycles. The number of nitrogens with two attached hydrogens (primary N) is 1. The predicted molar refractivity (Wildman–Crippen MR) is 85.5 cm³/mol. The summed E-state index contributed by atoms with van der Waals surface area (Å²) in [4.78, 5) is 16.3. The van der Waals surface area contributed by atoms with Gasteiger partial charge >= 0.3 is 0 Å². The second-order valence-corrected chi connectivity index (χ2v) is 5.83. The molecule has 1 heterocycles. The minimum atomic E-state index is -0.367. The number of rotatable bonds is 2. The maximum atomic E-state index is 12.2. The van der Waals surface area contributed by atoms with E-state index in [9.17, 15) is 4.79 Å². The van der Waals surface area contributed by atoms with E-state index in [-0.39, 0.29) is 5.91 Å².